The first-order chi connectivity index (χ1) is 11.6. The van der Waals surface area contributed by atoms with Gasteiger partial charge in [-0.3, -0.25) is 9.69 Å². The van der Waals surface area contributed by atoms with Crippen LogP contribution in [0.1, 0.15) is 27.2 Å². The molecule has 1 amide bonds. The van der Waals surface area contributed by atoms with Crippen molar-refractivity contribution < 1.29 is 18.7 Å². The topological polar surface area (TPSA) is 46.6 Å². The lowest BCUT2D eigenvalue weighted by Gasteiger charge is -2.29. The Kier molecular flexibility index (Phi) is 6.49. The van der Waals surface area contributed by atoms with Crippen LogP contribution in [0.25, 0.3) is 0 Å². The molecule has 4 nitrogen and oxygen atoms in total. The van der Waals surface area contributed by atoms with Gasteiger partial charge in [-0.15, -0.1) is 0 Å². The van der Waals surface area contributed by atoms with Crippen LogP contribution in [0.15, 0.2) is 24.3 Å². The molecule has 2 aliphatic rings. The third kappa shape index (κ3) is 5.68. The Balaban J connectivity index is 0.000000236. The van der Waals surface area contributed by atoms with E-state index in [9.17, 15) is 14.0 Å². The zero-order chi connectivity index (χ0) is 18.8. The van der Waals surface area contributed by atoms with E-state index in [4.69, 9.17) is 16.3 Å². The maximum absolute atomic E-state index is 12.0. The number of rotatable bonds is 2. The van der Waals surface area contributed by atoms with Crippen LogP contribution in [0.5, 0.6) is 0 Å². The summed E-state index contributed by atoms with van der Waals surface area (Å²) in [5, 5.41) is 0.867. The zero-order valence-corrected chi connectivity index (χ0v) is 16.8. The van der Waals surface area contributed by atoms with Gasteiger partial charge in [0.1, 0.15) is 11.4 Å². The van der Waals surface area contributed by atoms with Gasteiger partial charge in [-0.25, -0.2) is 9.18 Å². The standard InChI is InChI=1S/C12H18BrNO3.C6H4ClF/c1-12(2,3)17-11(16)14-6-7-4-8(7)10(14)9(15)5-13;7-5-1-3-6(8)4-2-5/h7-8,10H,4-6H2,1-3H3;1-4H. The van der Waals surface area contributed by atoms with Gasteiger partial charge in [0.15, 0.2) is 5.78 Å². The lowest BCUT2D eigenvalue weighted by molar-refractivity contribution is -0.121. The second kappa shape index (κ2) is 8.04. The van der Waals surface area contributed by atoms with Gasteiger partial charge in [0.2, 0.25) is 0 Å². The number of ether oxygens (including phenoxy) is 1. The molecule has 1 aliphatic carbocycles. The van der Waals surface area contributed by atoms with Crippen molar-refractivity contribution in [1.82, 2.24) is 4.90 Å². The molecule has 0 bridgehead atoms. The second-order valence-corrected chi connectivity index (χ2v) is 8.27. The predicted molar refractivity (Wildman–Crippen MR) is 98.5 cm³/mol. The largest absolute Gasteiger partial charge is 0.444 e. The molecule has 3 rings (SSSR count). The van der Waals surface area contributed by atoms with Crippen LogP contribution < -0.4 is 0 Å². The number of halogens is 3. The number of likely N-dealkylation sites (tertiary alicyclic amines) is 1. The van der Waals surface area contributed by atoms with Crippen LogP contribution in [0.2, 0.25) is 5.02 Å². The summed E-state index contributed by atoms with van der Waals surface area (Å²) in [6.07, 6.45) is 0.715. The Morgan fingerprint density at radius 2 is 1.92 bits per heavy atom. The molecular weight excluding hydrogens is 413 g/mol. The molecule has 1 aromatic rings. The summed E-state index contributed by atoms with van der Waals surface area (Å²) >= 11 is 8.63. The molecule has 2 fully saturated rings. The molecule has 1 saturated heterocycles. The van der Waals surface area contributed by atoms with Gasteiger partial charge in [-0.1, -0.05) is 27.5 Å². The van der Waals surface area contributed by atoms with Crippen molar-refractivity contribution in [2.24, 2.45) is 11.8 Å². The molecular formula is C18H22BrClFNO3. The number of nitrogens with zero attached hydrogens (tertiary/aromatic N) is 1. The summed E-state index contributed by atoms with van der Waals surface area (Å²) in [5.74, 6) is 0.707. The molecule has 1 heterocycles. The number of amides is 1. The van der Waals surface area contributed by atoms with Gasteiger partial charge in [-0.2, -0.15) is 0 Å². The summed E-state index contributed by atoms with van der Waals surface area (Å²) in [6.45, 7) is 6.18. The van der Waals surface area contributed by atoms with E-state index in [-0.39, 0.29) is 23.7 Å². The third-order valence-corrected chi connectivity index (χ3v) is 4.85. The van der Waals surface area contributed by atoms with Crippen molar-refractivity contribution in [2.75, 3.05) is 11.9 Å². The fourth-order valence-electron chi connectivity index (χ4n) is 2.89. The molecule has 0 N–H and O–H groups in total. The quantitative estimate of drug-likeness (QED) is 0.635. The summed E-state index contributed by atoms with van der Waals surface area (Å²) in [5.41, 5.74) is -0.508. The molecule has 0 aromatic heterocycles. The lowest BCUT2D eigenvalue weighted by atomic mass is 10.1. The van der Waals surface area contributed by atoms with E-state index in [2.05, 4.69) is 15.9 Å². The number of hydrogen-bond donors (Lipinski definition) is 0. The number of hydrogen-bond acceptors (Lipinski definition) is 3. The summed E-state index contributed by atoms with van der Waals surface area (Å²) < 4.78 is 17.4. The summed E-state index contributed by atoms with van der Waals surface area (Å²) in [4.78, 5) is 25.4. The van der Waals surface area contributed by atoms with Crippen molar-refractivity contribution >= 4 is 39.4 Å². The fourth-order valence-corrected chi connectivity index (χ4v) is 3.35. The SMILES string of the molecule is CC(C)(C)OC(=O)N1CC2CC2C1C(=O)CBr.Fc1ccc(Cl)cc1. The second-order valence-electron chi connectivity index (χ2n) is 7.27. The molecule has 0 spiro atoms. The van der Waals surface area contributed by atoms with E-state index in [1.54, 1.807) is 4.90 Å². The van der Waals surface area contributed by atoms with Crippen LogP contribution in [0.4, 0.5) is 9.18 Å². The normalized spacial score (nSPS) is 24.1. The predicted octanol–water partition coefficient (Wildman–Crippen LogP) is 4.68. The minimum atomic E-state index is -0.508. The number of carbonyl (C=O) groups excluding carboxylic acids is 2. The van der Waals surface area contributed by atoms with E-state index in [0.29, 0.717) is 28.7 Å². The molecule has 1 aromatic carbocycles. The van der Waals surface area contributed by atoms with Crippen LogP contribution in [-0.2, 0) is 9.53 Å². The smallest absolute Gasteiger partial charge is 0.410 e. The summed E-state index contributed by atoms with van der Waals surface area (Å²) in [7, 11) is 0. The third-order valence-electron chi connectivity index (χ3n) is 4.04. The van der Waals surface area contributed by atoms with Gasteiger partial charge >= 0.3 is 6.09 Å². The molecule has 3 unspecified atom stereocenters. The Bertz CT molecular complexity index is 611. The Hall–Kier alpha value is -1.14. The number of Topliss-reactive ketones (excluding diaryl/α,β-unsaturated/α-hetero) is 1. The van der Waals surface area contributed by atoms with Crippen molar-refractivity contribution in [2.45, 2.75) is 38.8 Å². The maximum atomic E-state index is 12.0. The van der Waals surface area contributed by atoms with E-state index < -0.39 is 5.60 Å². The van der Waals surface area contributed by atoms with Crippen LogP contribution >= 0.6 is 27.5 Å². The number of piperidine rings is 1. The highest BCUT2D eigenvalue weighted by molar-refractivity contribution is 9.09. The molecule has 138 valence electrons. The number of alkyl halides is 1. The minimum Gasteiger partial charge on any atom is -0.444 e. The minimum absolute atomic E-state index is 0.0841. The molecule has 1 aliphatic heterocycles. The highest BCUT2D eigenvalue weighted by Gasteiger charge is 2.57. The van der Waals surface area contributed by atoms with Crippen molar-refractivity contribution in [1.29, 1.82) is 0 Å². The van der Waals surface area contributed by atoms with Gasteiger partial charge in [0, 0.05) is 11.6 Å². The van der Waals surface area contributed by atoms with E-state index in [0.717, 1.165) is 6.42 Å². The van der Waals surface area contributed by atoms with Gasteiger partial charge in [0.05, 0.1) is 11.4 Å². The monoisotopic (exact) mass is 433 g/mol. The number of fused-ring (bicyclic) bond motifs is 1. The maximum Gasteiger partial charge on any atom is 0.410 e. The first-order valence-electron chi connectivity index (χ1n) is 8.11. The number of ketones is 1. The Labute approximate surface area is 160 Å². The van der Waals surface area contributed by atoms with Crippen LogP contribution in [0, 0.1) is 17.7 Å². The van der Waals surface area contributed by atoms with Crippen molar-refractivity contribution in [3.8, 4) is 0 Å². The zero-order valence-electron chi connectivity index (χ0n) is 14.5. The fraction of sp³-hybridized carbons (Fsp3) is 0.556. The first-order valence-corrected chi connectivity index (χ1v) is 9.61. The molecule has 1 saturated carbocycles. The van der Waals surface area contributed by atoms with E-state index in [1.165, 1.54) is 24.3 Å². The highest BCUT2D eigenvalue weighted by atomic mass is 79.9. The highest BCUT2D eigenvalue weighted by Crippen LogP contribution is 2.50. The van der Waals surface area contributed by atoms with E-state index in [1.807, 2.05) is 20.8 Å². The van der Waals surface area contributed by atoms with Crippen molar-refractivity contribution in [3.05, 3.63) is 35.1 Å². The first kappa shape index (κ1) is 20.2. The van der Waals surface area contributed by atoms with Gasteiger partial charge in [0.25, 0.3) is 0 Å². The molecule has 0 radical (unpaired) electrons. The Morgan fingerprint density at radius 3 is 2.40 bits per heavy atom. The van der Waals surface area contributed by atoms with Gasteiger partial charge in [-0.05, 0) is 63.3 Å². The Morgan fingerprint density at radius 1 is 1.32 bits per heavy atom. The number of benzene rings is 1. The van der Waals surface area contributed by atoms with Gasteiger partial charge < -0.3 is 4.74 Å². The van der Waals surface area contributed by atoms with Crippen LogP contribution in [0.3, 0.4) is 0 Å². The number of carbonyl (C=O) groups is 2. The summed E-state index contributed by atoms with van der Waals surface area (Å²) in [6, 6.07) is 5.40. The lowest BCUT2D eigenvalue weighted by Crippen LogP contribution is -2.46. The molecule has 25 heavy (non-hydrogen) atoms. The average molecular weight is 435 g/mol. The van der Waals surface area contributed by atoms with Crippen molar-refractivity contribution in [3.63, 3.8) is 0 Å². The van der Waals surface area contributed by atoms with E-state index >= 15 is 0 Å². The molecule has 3 atom stereocenters. The average Bonchev–Trinajstić information content (AvgIpc) is 3.18. The molecule has 7 heteroatoms. The van der Waals surface area contributed by atoms with Crippen LogP contribution in [-0.4, -0.2) is 40.3 Å².